The van der Waals surface area contributed by atoms with Crippen LogP contribution in [0, 0.1) is 0 Å². The predicted molar refractivity (Wildman–Crippen MR) is 38.5 cm³/mol. The maximum atomic E-state index is 8.69. The molecular weight excluding hydrogens is 148 g/mol. The fourth-order valence-electron chi connectivity index (χ4n) is 0.212. The molecule has 8 heavy (non-hydrogen) atoms. The summed E-state index contributed by atoms with van der Waals surface area (Å²) in [5, 5.41) is -0.191. The van der Waals surface area contributed by atoms with Gasteiger partial charge in [0.15, 0.2) is 0 Å². The van der Waals surface area contributed by atoms with E-state index in [0.29, 0.717) is 6.42 Å². The Kier molecular flexibility index (Phi) is 3.12. The lowest BCUT2D eigenvalue weighted by Crippen LogP contribution is -2.06. The van der Waals surface area contributed by atoms with Crippen molar-refractivity contribution in [1.29, 1.82) is 0 Å². The molecule has 0 aromatic heterocycles. The summed E-state index contributed by atoms with van der Waals surface area (Å²) in [5.74, 6) is 0. The smallest absolute Gasteiger partial charge is 0.0615 e. The quantitative estimate of drug-likeness (QED) is 0.649. The first-order chi connectivity index (χ1) is 3.48. The summed E-state index contributed by atoms with van der Waals surface area (Å²) in [5.41, 5.74) is 0. The molecule has 0 radical (unpaired) electrons. The molecule has 4 heteroatoms. The molecule has 0 amide bonds. The van der Waals surface area contributed by atoms with Crippen molar-refractivity contribution in [1.82, 2.24) is 0 Å². The van der Waals surface area contributed by atoms with Gasteiger partial charge in [-0.1, -0.05) is 6.92 Å². The van der Waals surface area contributed by atoms with Gasteiger partial charge in [0.1, 0.15) is 0 Å². The highest BCUT2D eigenvalue weighted by molar-refractivity contribution is 8.43. The van der Waals surface area contributed by atoms with Crippen LogP contribution in [0.25, 0.3) is 0 Å². The highest BCUT2D eigenvalue weighted by Gasteiger charge is 2.15. The van der Waals surface area contributed by atoms with Gasteiger partial charge in [-0.3, -0.25) is 9.11 Å². The zero-order valence-corrected chi connectivity index (χ0v) is 6.54. The summed E-state index contributed by atoms with van der Waals surface area (Å²) in [4.78, 5) is 0. The lowest BCUT2D eigenvalue weighted by molar-refractivity contribution is 0.491. The van der Waals surface area contributed by atoms with Gasteiger partial charge in [-0.15, -0.1) is 9.80 Å². The molecule has 0 spiro atoms. The largest absolute Gasteiger partial charge is 0.285 e. The van der Waals surface area contributed by atoms with Crippen LogP contribution in [0.1, 0.15) is 20.3 Å². The van der Waals surface area contributed by atoms with E-state index in [2.05, 4.69) is 0 Å². The molecule has 2 N–H and O–H groups in total. The molecule has 0 bridgehead atoms. The Bertz CT molecular complexity index is 70.9. The molecule has 0 aliphatic rings. The van der Waals surface area contributed by atoms with Crippen LogP contribution >= 0.6 is 20.5 Å². The zero-order chi connectivity index (χ0) is 6.78. The first-order valence-electron chi connectivity index (χ1n) is 2.45. The minimum atomic E-state index is -2.78. The Balaban J connectivity index is 3.62. The third-order valence-electron chi connectivity index (χ3n) is 1.09. The van der Waals surface area contributed by atoms with Crippen molar-refractivity contribution in [2.45, 2.75) is 25.5 Å². The van der Waals surface area contributed by atoms with Crippen molar-refractivity contribution >= 4 is 20.5 Å². The topological polar surface area (TPSA) is 40.5 Å². The Morgan fingerprint density at radius 1 is 1.62 bits per heavy atom. The molecule has 0 saturated heterocycles. The van der Waals surface area contributed by atoms with Crippen molar-refractivity contribution in [2.75, 3.05) is 0 Å². The number of hydrogen-bond acceptors (Lipinski definition) is 2. The minimum Gasteiger partial charge on any atom is -0.285 e. The molecule has 0 heterocycles. The highest BCUT2D eigenvalue weighted by atomic mass is 35.7. The van der Waals surface area contributed by atoms with Crippen LogP contribution in [0.4, 0.5) is 0 Å². The minimum absolute atomic E-state index is 0.191. The van der Waals surface area contributed by atoms with Crippen molar-refractivity contribution < 1.29 is 9.11 Å². The molecule has 1 atom stereocenters. The molecule has 0 aromatic carbocycles. The van der Waals surface area contributed by atoms with Gasteiger partial charge < -0.3 is 0 Å². The van der Waals surface area contributed by atoms with Gasteiger partial charge in [0.25, 0.3) is 0 Å². The van der Waals surface area contributed by atoms with E-state index in [9.17, 15) is 0 Å². The second kappa shape index (κ2) is 2.92. The van der Waals surface area contributed by atoms with Crippen LogP contribution in [0.15, 0.2) is 0 Å². The summed E-state index contributed by atoms with van der Waals surface area (Å²) in [6, 6.07) is 0. The van der Waals surface area contributed by atoms with E-state index in [0.717, 1.165) is 0 Å². The van der Waals surface area contributed by atoms with Crippen molar-refractivity contribution in [2.24, 2.45) is 0 Å². The van der Waals surface area contributed by atoms with Gasteiger partial charge in [-0.2, -0.15) is 0 Å². The number of hydrogen-bond donors (Lipinski definition) is 2. The van der Waals surface area contributed by atoms with Gasteiger partial charge in [0, 0.05) is 10.7 Å². The van der Waals surface area contributed by atoms with Crippen molar-refractivity contribution in [3.63, 3.8) is 0 Å². The highest BCUT2D eigenvalue weighted by Crippen LogP contribution is 2.50. The molecule has 0 aliphatic heterocycles. The lowest BCUT2D eigenvalue weighted by Gasteiger charge is -2.29. The Morgan fingerprint density at radius 3 is 2.00 bits per heavy atom. The van der Waals surface area contributed by atoms with E-state index in [1.165, 1.54) is 0 Å². The third-order valence-corrected chi connectivity index (χ3v) is 3.36. The SMILES string of the molecule is CCC(C)S(O)(O)Cl. The van der Waals surface area contributed by atoms with Gasteiger partial charge in [-0.25, -0.2) is 0 Å². The summed E-state index contributed by atoms with van der Waals surface area (Å²) >= 11 is 0. The molecule has 1 unspecified atom stereocenters. The summed E-state index contributed by atoms with van der Waals surface area (Å²) in [6.07, 6.45) is 0.700. The van der Waals surface area contributed by atoms with Crippen molar-refractivity contribution in [3.8, 4) is 0 Å². The fourth-order valence-corrected chi connectivity index (χ4v) is 1.01. The van der Waals surface area contributed by atoms with E-state index in [4.69, 9.17) is 19.8 Å². The van der Waals surface area contributed by atoms with Crippen LogP contribution < -0.4 is 0 Å². The normalized spacial score (nSPS) is 18.1. The van der Waals surface area contributed by atoms with Crippen LogP contribution in [0.2, 0.25) is 0 Å². The first-order valence-corrected chi connectivity index (χ1v) is 4.88. The van der Waals surface area contributed by atoms with Crippen LogP contribution in [-0.2, 0) is 0 Å². The lowest BCUT2D eigenvalue weighted by atomic mass is 10.4. The van der Waals surface area contributed by atoms with E-state index in [-0.39, 0.29) is 5.25 Å². The summed E-state index contributed by atoms with van der Waals surface area (Å²) in [7, 11) is 2.40. The molecule has 0 fully saturated rings. The summed E-state index contributed by atoms with van der Waals surface area (Å²) in [6.45, 7) is 3.57. The number of rotatable bonds is 2. The monoisotopic (exact) mass is 158 g/mol. The summed E-state index contributed by atoms with van der Waals surface area (Å²) < 4.78 is 17.4. The van der Waals surface area contributed by atoms with Gasteiger partial charge in [0.2, 0.25) is 0 Å². The van der Waals surface area contributed by atoms with E-state index in [1.807, 2.05) is 6.92 Å². The molecule has 0 rings (SSSR count). The van der Waals surface area contributed by atoms with Gasteiger partial charge in [-0.05, 0) is 13.3 Å². The average molecular weight is 159 g/mol. The second-order valence-corrected chi connectivity index (χ2v) is 4.94. The standard InChI is InChI=1S/C4H11ClO2S/c1-3-4(2)8(5,6)7/h4,6-7H,3H2,1-2H3. The zero-order valence-electron chi connectivity index (χ0n) is 4.97. The number of halogens is 1. The van der Waals surface area contributed by atoms with Crippen LogP contribution in [-0.4, -0.2) is 14.4 Å². The second-order valence-electron chi connectivity index (χ2n) is 1.74. The third kappa shape index (κ3) is 2.77. The molecule has 2 nitrogen and oxygen atoms in total. The molecule has 0 saturated carbocycles. The Morgan fingerprint density at radius 2 is 2.00 bits per heavy atom. The maximum absolute atomic E-state index is 8.69. The molecule has 52 valence electrons. The molecule has 0 aromatic rings. The first kappa shape index (κ1) is 8.56. The predicted octanol–water partition coefficient (Wildman–Crippen LogP) is 2.69. The molecular formula is C4H11ClO2S. The van der Waals surface area contributed by atoms with E-state index >= 15 is 0 Å². The van der Waals surface area contributed by atoms with E-state index in [1.54, 1.807) is 6.92 Å². The molecule has 0 aliphatic carbocycles. The Labute approximate surface area is 55.7 Å². The fraction of sp³-hybridized carbons (Fsp3) is 1.00. The average Bonchev–Trinajstić information content (AvgIpc) is 1.62. The maximum Gasteiger partial charge on any atom is 0.0615 e. The van der Waals surface area contributed by atoms with E-state index < -0.39 is 9.80 Å². The van der Waals surface area contributed by atoms with Gasteiger partial charge in [0.05, 0.1) is 5.25 Å². The van der Waals surface area contributed by atoms with Crippen molar-refractivity contribution in [3.05, 3.63) is 0 Å². The Hall–Kier alpha value is 0.560. The van der Waals surface area contributed by atoms with Gasteiger partial charge >= 0.3 is 0 Å². The van der Waals surface area contributed by atoms with Crippen LogP contribution in [0.5, 0.6) is 0 Å². The van der Waals surface area contributed by atoms with Crippen LogP contribution in [0.3, 0.4) is 0 Å².